The van der Waals surface area contributed by atoms with Gasteiger partial charge in [0.05, 0.1) is 0 Å². The van der Waals surface area contributed by atoms with E-state index in [9.17, 15) is 9.59 Å². The van der Waals surface area contributed by atoms with Crippen LogP contribution in [0.1, 0.15) is 15.9 Å². The van der Waals surface area contributed by atoms with Crippen molar-refractivity contribution in [2.45, 2.75) is 6.54 Å². The first kappa shape index (κ1) is 16.3. The molecule has 3 rings (SSSR count). The second-order valence-electron chi connectivity index (χ2n) is 5.51. The molecule has 1 aromatic heterocycles. The molecule has 126 valence electrons. The Morgan fingerprint density at radius 3 is 2.46 bits per heavy atom. The normalized spacial score (nSPS) is 14.5. The Hall–Kier alpha value is -2.61. The molecule has 1 aromatic carbocycles. The van der Waals surface area contributed by atoms with Gasteiger partial charge in [-0.3, -0.25) is 4.79 Å². The van der Waals surface area contributed by atoms with Crippen LogP contribution in [0.5, 0.6) is 0 Å². The number of amides is 3. The first-order valence-electron chi connectivity index (χ1n) is 7.69. The molecule has 2 aromatic rings. The summed E-state index contributed by atoms with van der Waals surface area (Å²) in [7, 11) is 0. The maximum atomic E-state index is 12.6. The van der Waals surface area contributed by atoms with Crippen molar-refractivity contribution >= 4 is 28.4 Å². The second kappa shape index (κ2) is 7.31. The van der Waals surface area contributed by atoms with Gasteiger partial charge < -0.3 is 20.9 Å². The molecule has 0 saturated carbocycles. The zero-order valence-corrected chi connectivity index (χ0v) is 14.0. The Morgan fingerprint density at radius 1 is 1.17 bits per heavy atom. The Bertz CT molecular complexity index is 694. The van der Waals surface area contributed by atoms with Crippen LogP contribution in [0.15, 0.2) is 35.8 Å². The van der Waals surface area contributed by atoms with Crippen molar-refractivity contribution in [1.82, 2.24) is 15.2 Å². The molecular formula is C16H19N5O2S. The van der Waals surface area contributed by atoms with Gasteiger partial charge in [-0.2, -0.15) is 0 Å². The van der Waals surface area contributed by atoms with Crippen molar-refractivity contribution in [1.29, 1.82) is 0 Å². The average Bonchev–Trinajstić information content (AvgIpc) is 3.14. The number of piperazine rings is 1. The lowest BCUT2D eigenvalue weighted by molar-refractivity contribution is 0.0746. The number of primary amides is 1. The number of aromatic nitrogens is 1. The van der Waals surface area contributed by atoms with Gasteiger partial charge in [0.15, 0.2) is 5.13 Å². The van der Waals surface area contributed by atoms with Crippen LogP contribution in [0.2, 0.25) is 0 Å². The van der Waals surface area contributed by atoms with Gasteiger partial charge in [-0.25, -0.2) is 9.78 Å². The first-order chi connectivity index (χ1) is 11.6. The minimum absolute atomic E-state index is 0.0307. The third-order valence-electron chi connectivity index (χ3n) is 3.92. The Kier molecular flexibility index (Phi) is 4.95. The lowest BCUT2D eigenvalue weighted by Gasteiger charge is -2.34. The van der Waals surface area contributed by atoms with Crippen molar-refractivity contribution in [3.63, 3.8) is 0 Å². The molecule has 1 aliphatic rings. The number of carbonyl (C=O) groups is 2. The molecule has 1 saturated heterocycles. The molecule has 0 unspecified atom stereocenters. The summed E-state index contributed by atoms with van der Waals surface area (Å²) in [6, 6.07) is 6.67. The summed E-state index contributed by atoms with van der Waals surface area (Å²) < 4.78 is 0. The summed E-state index contributed by atoms with van der Waals surface area (Å²) in [6.45, 7) is 3.31. The molecule has 0 atom stereocenters. The second-order valence-corrected chi connectivity index (χ2v) is 6.38. The Morgan fingerprint density at radius 2 is 1.88 bits per heavy atom. The number of carbonyl (C=O) groups excluding carboxylic acids is 2. The van der Waals surface area contributed by atoms with E-state index < -0.39 is 6.03 Å². The Balaban J connectivity index is 1.56. The first-order valence-corrected chi connectivity index (χ1v) is 8.57. The van der Waals surface area contributed by atoms with E-state index >= 15 is 0 Å². The standard InChI is InChI=1S/C16H19N5O2S/c17-15(23)19-11-12-1-3-13(4-2-12)14(22)20-6-8-21(9-7-20)16-18-5-10-24-16/h1-5,10H,6-9,11H2,(H3,17,19,23). The molecule has 2 heterocycles. The van der Waals surface area contributed by atoms with E-state index in [4.69, 9.17) is 5.73 Å². The van der Waals surface area contributed by atoms with Crippen LogP contribution in [0.25, 0.3) is 0 Å². The van der Waals surface area contributed by atoms with Crippen molar-refractivity contribution in [2.24, 2.45) is 5.73 Å². The molecule has 0 spiro atoms. The van der Waals surface area contributed by atoms with E-state index in [1.54, 1.807) is 29.7 Å². The quantitative estimate of drug-likeness (QED) is 0.873. The molecule has 3 N–H and O–H groups in total. The molecule has 1 fully saturated rings. The van der Waals surface area contributed by atoms with Gasteiger partial charge in [0.1, 0.15) is 0 Å². The van der Waals surface area contributed by atoms with Gasteiger partial charge in [0.25, 0.3) is 5.91 Å². The molecule has 0 bridgehead atoms. The van der Waals surface area contributed by atoms with Crippen LogP contribution in [0, 0.1) is 0 Å². The predicted molar refractivity (Wildman–Crippen MR) is 93.1 cm³/mol. The highest BCUT2D eigenvalue weighted by atomic mass is 32.1. The fraction of sp³-hybridized carbons (Fsp3) is 0.312. The molecule has 0 radical (unpaired) electrons. The van der Waals surface area contributed by atoms with Gasteiger partial charge >= 0.3 is 6.03 Å². The lowest BCUT2D eigenvalue weighted by atomic mass is 10.1. The SMILES string of the molecule is NC(=O)NCc1ccc(C(=O)N2CCN(c3nccs3)CC2)cc1. The van der Waals surface area contributed by atoms with E-state index in [-0.39, 0.29) is 5.91 Å². The van der Waals surface area contributed by atoms with Crippen LogP contribution in [0.3, 0.4) is 0 Å². The van der Waals surface area contributed by atoms with E-state index in [0.29, 0.717) is 25.2 Å². The number of nitrogens with zero attached hydrogens (tertiary/aromatic N) is 3. The fourth-order valence-electron chi connectivity index (χ4n) is 2.61. The summed E-state index contributed by atoms with van der Waals surface area (Å²) in [5.74, 6) is 0.0307. The highest BCUT2D eigenvalue weighted by molar-refractivity contribution is 7.13. The number of thiazole rings is 1. The number of urea groups is 1. The van der Waals surface area contributed by atoms with E-state index in [1.807, 2.05) is 22.4 Å². The molecule has 24 heavy (non-hydrogen) atoms. The van der Waals surface area contributed by atoms with Gasteiger partial charge in [0.2, 0.25) is 0 Å². The number of benzene rings is 1. The van der Waals surface area contributed by atoms with Crippen LogP contribution in [0.4, 0.5) is 9.93 Å². The topological polar surface area (TPSA) is 91.6 Å². The molecule has 7 nitrogen and oxygen atoms in total. The van der Waals surface area contributed by atoms with Crippen molar-refractivity contribution in [3.8, 4) is 0 Å². The van der Waals surface area contributed by atoms with Crippen LogP contribution >= 0.6 is 11.3 Å². The van der Waals surface area contributed by atoms with Crippen molar-refractivity contribution in [2.75, 3.05) is 31.1 Å². The molecule has 0 aliphatic carbocycles. The van der Waals surface area contributed by atoms with E-state index in [1.165, 1.54) is 0 Å². The molecular weight excluding hydrogens is 326 g/mol. The summed E-state index contributed by atoms with van der Waals surface area (Å²) >= 11 is 1.62. The lowest BCUT2D eigenvalue weighted by Crippen LogP contribution is -2.48. The zero-order chi connectivity index (χ0) is 16.9. The van der Waals surface area contributed by atoms with Gasteiger partial charge in [-0.15, -0.1) is 11.3 Å². The minimum Gasteiger partial charge on any atom is -0.352 e. The minimum atomic E-state index is -0.562. The highest BCUT2D eigenvalue weighted by Crippen LogP contribution is 2.19. The summed E-state index contributed by atoms with van der Waals surface area (Å²) in [5.41, 5.74) is 6.60. The van der Waals surface area contributed by atoms with E-state index in [0.717, 1.165) is 23.8 Å². The molecule has 3 amide bonds. The third-order valence-corrected chi connectivity index (χ3v) is 4.76. The number of hydrogen-bond acceptors (Lipinski definition) is 5. The zero-order valence-electron chi connectivity index (χ0n) is 13.1. The van der Waals surface area contributed by atoms with Crippen molar-refractivity contribution in [3.05, 3.63) is 47.0 Å². The van der Waals surface area contributed by atoms with E-state index in [2.05, 4.69) is 15.2 Å². The number of nitrogens with one attached hydrogen (secondary N) is 1. The number of anilines is 1. The molecule has 8 heteroatoms. The molecule has 1 aliphatic heterocycles. The smallest absolute Gasteiger partial charge is 0.312 e. The van der Waals surface area contributed by atoms with Crippen molar-refractivity contribution < 1.29 is 9.59 Å². The Labute approximate surface area is 144 Å². The maximum absolute atomic E-state index is 12.6. The van der Waals surface area contributed by atoms with Gasteiger partial charge in [-0.05, 0) is 17.7 Å². The third kappa shape index (κ3) is 3.83. The predicted octanol–water partition coefficient (Wildman–Crippen LogP) is 1.27. The number of nitrogens with two attached hydrogens (primary N) is 1. The van der Waals surface area contributed by atoms with Crippen LogP contribution in [-0.4, -0.2) is 48.0 Å². The van der Waals surface area contributed by atoms with Crippen LogP contribution in [-0.2, 0) is 6.54 Å². The number of hydrogen-bond donors (Lipinski definition) is 2. The average molecular weight is 345 g/mol. The maximum Gasteiger partial charge on any atom is 0.312 e. The monoisotopic (exact) mass is 345 g/mol. The van der Waals surface area contributed by atoms with Crippen LogP contribution < -0.4 is 16.0 Å². The fourth-order valence-corrected chi connectivity index (χ4v) is 3.31. The highest BCUT2D eigenvalue weighted by Gasteiger charge is 2.23. The summed E-state index contributed by atoms with van der Waals surface area (Å²) in [4.78, 5) is 31.7. The summed E-state index contributed by atoms with van der Waals surface area (Å²) in [5, 5.41) is 5.49. The number of rotatable bonds is 4. The van der Waals surface area contributed by atoms with Gasteiger partial charge in [0, 0.05) is 49.9 Å². The summed E-state index contributed by atoms with van der Waals surface area (Å²) in [6.07, 6.45) is 1.80. The van der Waals surface area contributed by atoms with Gasteiger partial charge in [-0.1, -0.05) is 12.1 Å². The largest absolute Gasteiger partial charge is 0.352 e.